The average molecular weight is 538 g/mol. The summed E-state index contributed by atoms with van der Waals surface area (Å²) in [6, 6.07) is 3.08. The monoisotopic (exact) mass is 537 g/mol. The molecule has 10 nitrogen and oxygen atoms in total. The molecular weight excluding hydrogens is 494 g/mol. The highest BCUT2D eigenvalue weighted by Crippen LogP contribution is 2.37. The number of carboxylic acid groups (broad SMARTS) is 1. The normalized spacial score (nSPS) is 14.1. The van der Waals surface area contributed by atoms with Crippen molar-refractivity contribution < 1.29 is 43.2 Å². The Morgan fingerprint density at radius 3 is 1.89 bits per heavy atom. The number of benzene rings is 1. The molecule has 1 aromatic carbocycles. The van der Waals surface area contributed by atoms with Crippen molar-refractivity contribution in [3.63, 3.8) is 0 Å². The Morgan fingerprint density at radius 2 is 1.42 bits per heavy atom. The van der Waals surface area contributed by atoms with Crippen LogP contribution in [-0.4, -0.2) is 48.4 Å². The van der Waals surface area contributed by atoms with Gasteiger partial charge in [0.05, 0.1) is 26.1 Å². The molecule has 10 heteroatoms. The summed E-state index contributed by atoms with van der Waals surface area (Å²) in [5.41, 5.74) is 5.76. The van der Waals surface area contributed by atoms with Crippen molar-refractivity contribution in [2.75, 3.05) is 13.2 Å². The van der Waals surface area contributed by atoms with Gasteiger partial charge in [0.15, 0.2) is 11.5 Å². The van der Waals surface area contributed by atoms with Crippen molar-refractivity contribution in [2.24, 2.45) is 22.5 Å². The largest absolute Gasteiger partial charge is 0.508 e. The molecule has 2 unspecified atom stereocenters. The SMILES string of the molecule is CCCOC(=O)OCC(C)C(c1ccc(OC(=O)CC(C)(C)C)c(OC(=O)CC(C)(C)C)c1)[C@H](N)C(=O)O. The Labute approximate surface area is 225 Å². The minimum Gasteiger partial charge on any atom is -0.480 e. The van der Waals surface area contributed by atoms with Gasteiger partial charge in [0.1, 0.15) is 6.04 Å². The van der Waals surface area contributed by atoms with Gasteiger partial charge in [-0.15, -0.1) is 0 Å². The molecule has 0 amide bonds. The number of hydrogen-bond acceptors (Lipinski definition) is 9. The predicted octanol–water partition coefficient (Wildman–Crippen LogP) is 5.06. The Kier molecular flexibility index (Phi) is 12.2. The second-order valence-electron chi connectivity index (χ2n) is 11.9. The van der Waals surface area contributed by atoms with Crippen LogP contribution in [0.25, 0.3) is 0 Å². The van der Waals surface area contributed by atoms with Crippen LogP contribution >= 0.6 is 0 Å². The van der Waals surface area contributed by atoms with E-state index >= 15 is 0 Å². The predicted molar refractivity (Wildman–Crippen MR) is 141 cm³/mol. The molecule has 0 saturated heterocycles. The Balaban J connectivity index is 3.38. The molecule has 0 aromatic heterocycles. The van der Waals surface area contributed by atoms with Crippen molar-refractivity contribution in [2.45, 2.75) is 86.6 Å². The Morgan fingerprint density at radius 1 is 0.895 bits per heavy atom. The molecule has 214 valence electrons. The topological polar surface area (TPSA) is 151 Å². The number of ether oxygens (including phenoxy) is 4. The van der Waals surface area contributed by atoms with Crippen LogP contribution in [0.1, 0.15) is 86.1 Å². The third-order valence-electron chi connectivity index (χ3n) is 5.32. The molecule has 0 aliphatic rings. The molecule has 1 aromatic rings. The van der Waals surface area contributed by atoms with Crippen LogP contribution in [0.2, 0.25) is 0 Å². The standard InChI is InChI=1S/C28H43NO9/c1-9-12-35-26(34)36-16-17(2)23(24(29)25(32)33)18-10-11-19(37-21(30)14-27(3,4)5)20(13-18)38-22(31)15-28(6,7)8/h10-11,13,17,23-24H,9,12,14-16,29H2,1-8H3,(H,32,33)/t17?,23?,24-/m0/s1. The number of nitrogens with two attached hydrogens (primary N) is 1. The van der Waals surface area contributed by atoms with Gasteiger partial charge >= 0.3 is 24.1 Å². The van der Waals surface area contributed by atoms with E-state index in [1.165, 1.54) is 12.1 Å². The van der Waals surface area contributed by atoms with Gasteiger partial charge in [-0.05, 0) is 40.9 Å². The molecule has 3 N–H and O–H groups in total. The van der Waals surface area contributed by atoms with Crippen LogP contribution in [0, 0.1) is 16.7 Å². The first kappa shape index (κ1) is 32.9. The molecule has 0 aliphatic carbocycles. The molecule has 0 aliphatic heterocycles. The van der Waals surface area contributed by atoms with Crippen LogP contribution in [0.4, 0.5) is 4.79 Å². The van der Waals surface area contributed by atoms with Gasteiger partial charge in [0.2, 0.25) is 0 Å². The maximum atomic E-state index is 12.7. The van der Waals surface area contributed by atoms with Crippen molar-refractivity contribution in [3.8, 4) is 11.5 Å². The summed E-state index contributed by atoms with van der Waals surface area (Å²) in [6.45, 7) is 14.9. The fraction of sp³-hybridized carbons (Fsp3) is 0.643. The van der Waals surface area contributed by atoms with Crippen LogP contribution in [-0.2, 0) is 23.9 Å². The third kappa shape index (κ3) is 11.9. The molecule has 1 rings (SSSR count). The summed E-state index contributed by atoms with van der Waals surface area (Å²) >= 11 is 0. The first-order chi connectivity index (χ1) is 17.4. The average Bonchev–Trinajstić information content (AvgIpc) is 2.75. The van der Waals surface area contributed by atoms with E-state index in [2.05, 4.69) is 0 Å². The third-order valence-corrected chi connectivity index (χ3v) is 5.32. The quantitative estimate of drug-likeness (QED) is 0.273. The maximum absolute atomic E-state index is 12.7. The summed E-state index contributed by atoms with van der Waals surface area (Å²) in [5.74, 6) is -3.71. The van der Waals surface area contributed by atoms with Gasteiger partial charge in [-0.25, -0.2) is 4.79 Å². The van der Waals surface area contributed by atoms with Gasteiger partial charge in [0, 0.05) is 5.92 Å². The van der Waals surface area contributed by atoms with Crippen LogP contribution in [0.15, 0.2) is 18.2 Å². The number of esters is 2. The van der Waals surface area contributed by atoms with Crippen molar-refractivity contribution in [1.82, 2.24) is 0 Å². The second-order valence-corrected chi connectivity index (χ2v) is 11.9. The number of rotatable bonds is 12. The molecule has 38 heavy (non-hydrogen) atoms. The molecule has 0 fully saturated rings. The number of carbonyl (C=O) groups is 4. The zero-order chi connectivity index (χ0) is 29.3. The molecule has 0 heterocycles. The lowest BCUT2D eigenvalue weighted by atomic mass is 9.82. The van der Waals surface area contributed by atoms with Gasteiger partial charge in [-0.3, -0.25) is 14.4 Å². The van der Waals surface area contributed by atoms with E-state index in [0.717, 1.165) is 0 Å². The summed E-state index contributed by atoms with van der Waals surface area (Å²) in [7, 11) is 0. The van der Waals surface area contributed by atoms with Gasteiger partial charge in [0.25, 0.3) is 0 Å². The minimum absolute atomic E-state index is 0.0277. The van der Waals surface area contributed by atoms with E-state index in [1.807, 2.05) is 48.5 Å². The van der Waals surface area contributed by atoms with E-state index in [-0.39, 0.29) is 48.4 Å². The lowest BCUT2D eigenvalue weighted by molar-refractivity contribution is -0.139. The fourth-order valence-corrected chi connectivity index (χ4v) is 3.65. The first-order valence-electron chi connectivity index (χ1n) is 12.8. The highest BCUT2D eigenvalue weighted by atomic mass is 16.7. The van der Waals surface area contributed by atoms with E-state index < -0.39 is 41.9 Å². The van der Waals surface area contributed by atoms with E-state index in [0.29, 0.717) is 12.0 Å². The molecular formula is C28H43NO9. The summed E-state index contributed by atoms with van der Waals surface area (Å²) in [6.07, 6.45) is -0.0200. The maximum Gasteiger partial charge on any atom is 0.508 e. The summed E-state index contributed by atoms with van der Waals surface area (Å²) in [5, 5.41) is 9.67. The van der Waals surface area contributed by atoms with E-state index in [4.69, 9.17) is 24.7 Å². The van der Waals surface area contributed by atoms with Gasteiger partial charge in [-0.1, -0.05) is 61.5 Å². The minimum atomic E-state index is -1.37. The summed E-state index contributed by atoms with van der Waals surface area (Å²) in [4.78, 5) is 48.8. The number of carboxylic acids is 1. The second kappa shape index (κ2) is 14.1. The van der Waals surface area contributed by atoms with E-state index in [9.17, 15) is 24.3 Å². The van der Waals surface area contributed by atoms with Crippen molar-refractivity contribution >= 4 is 24.1 Å². The zero-order valence-corrected chi connectivity index (χ0v) is 23.8. The van der Waals surface area contributed by atoms with Gasteiger partial charge < -0.3 is 29.8 Å². The zero-order valence-electron chi connectivity index (χ0n) is 23.8. The Hall–Kier alpha value is -3.14. The Bertz CT molecular complexity index is 976. The van der Waals surface area contributed by atoms with Crippen LogP contribution in [0.5, 0.6) is 11.5 Å². The van der Waals surface area contributed by atoms with Gasteiger partial charge in [-0.2, -0.15) is 0 Å². The van der Waals surface area contributed by atoms with Crippen molar-refractivity contribution in [3.05, 3.63) is 23.8 Å². The molecule has 0 bridgehead atoms. The molecule has 0 spiro atoms. The van der Waals surface area contributed by atoms with Crippen LogP contribution in [0.3, 0.4) is 0 Å². The molecule has 0 radical (unpaired) electrons. The number of hydrogen-bond donors (Lipinski definition) is 2. The van der Waals surface area contributed by atoms with E-state index in [1.54, 1.807) is 13.0 Å². The highest BCUT2D eigenvalue weighted by Gasteiger charge is 2.33. The number of aliphatic carboxylic acids is 1. The lowest BCUT2D eigenvalue weighted by Gasteiger charge is -2.28. The first-order valence-corrected chi connectivity index (χ1v) is 12.8. The van der Waals surface area contributed by atoms with Crippen molar-refractivity contribution in [1.29, 1.82) is 0 Å². The fourth-order valence-electron chi connectivity index (χ4n) is 3.65. The smallest absolute Gasteiger partial charge is 0.480 e. The number of carbonyl (C=O) groups excluding carboxylic acids is 3. The molecule has 3 atom stereocenters. The highest BCUT2D eigenvalue weighted by molar-refractivity contribution is 5.78. The molecule has 0 saturated carbocycles. The summed E-state index contributed by atoms with van der Waals surface area (Å²) < 4.78 is 21.2. The van der Waals surface area contributed by atoms with Crippen LogP contribution < -0.4 is 15.2 Å². The lowest BCUT2D eigenvalue weighted by Crippen LogP contribution is -2.40.